The zero-order valence-corrected chi connectivity index (χ0v) is 23.6. The van der Waals surface area contributed by atoms with Crippen molar-refractivity contribution in [2.24, 2.45) is 11.8 Å². The van der Waals surface area contributed by atoms with Crippen molar-refractivity contribution < 1.29 is 18.0 Å². The average Bonchev–Trinajstić information content (AvgIpc) is 3.29. The number of amides is 1. The van der Waals surface area contributed by atoms with Crippen LogP contribution in [0.2, 0.25) is 0 Å². The number of likely N-dealkylation sites (tertiary alicyclic amines) is 2. The molecule has 224 valence electrons. The monoisotopic (exact) mass is 583 g/mol. The van der Waals surface area contributed by atoms with Gasteiger partial charge in [0, 0.05) is 50.5 Å². The molecule has 0 spiro atoms. The van der Waals surface area contributed by atoms with E-state index in [0.29, 0.717) is 37.4 Å². The van der Waals surface area contributed by atoms with Crippen molar-refractivity contribution in [1.29, 1.82) is 0 Å². The zero-order chi connectivity index (χ0) is 29.4. The summed E-state index contributed by atoms with van der Waals surface area (Å²) in [5.41, 5.74) is 6.98. The van der Waals surface area contributed by atoms with Crippen LogP contribution in [0.15, 0.2) is 59.2 Å². The van der Waals surface area contributed by atoms with Gasteiger partial charge in [0.2, 0.25) is 5.91 Å². The molecule has 3 aliphatic rings. The number of carbonyl (C=O) groups excluding carboxylic acids is 1. The molecule has 1 atom stereocenters. The van der Waals surface area contributed by atoms with E-state index in [9.17, 15) is 22.8 Å². The summed E-state index contributed by atoms with van der Waals surface area (Å²) in [5.74, 6) is 0.906. The molecule has 1 amide bonds. The molecular weight excluding hydrogens is 547 g/mol. The minimum absolute atomic E-state index is 0.00932. The van der Waals surface area contributed by atoms with Crippen LogP contribution in [0.5, 0.6) is 0 Å². The van der Waals surface area contributed by atoms with E-state index in [1.807, 2.05) is 11.1 Å². The number of alkyl halides is 3. The fraction of sp³-hybridized carbons (Fsp3) is 0.500. The summed E-state index contributed by atoms with van der Waals surface area (Å²) in [4.78, 5) is 35.7. The molecule has 2 aromatic heterocycles. The molecule has 12 heteroatoms. The third kappa shape index (κ3) is 5.57. The van der Waals surface area contributed by atoms with Gasteiger partial charge in [-0.15, -0.1) is 0 Å². The number of aromatic nitrogens is 3. The summed E-state index contributed by atoms with van der Waals surface area (Å²) in [6.07, 6.45) is 1.78. The van der Waals surface area contributed by atoms with E-state index in [4.69, 9.17) is 0 Å². The maximum absolute atomic E-state index is 13.7. The molecule has 3 aromatic rings. The van der Waals surface area contributed by atoms with E-state index in [1.165, 1.54) is 22.4 Å². The molecule has 5 heterocycles. The molecule has 0 saturated carbocycles. The Morgan fingerprint density at radius 1 is 1.02 bits per heavy atom. The topological polar surface area (TPSA) is 87.4 Å². The number of benzene rings is 1. The number of halogens is 3. The normalized spacial score (nSPS) is 21.4. The first-order chi connectivity index (χ1) is 20.2. The molecule has 6 rings (SSSR count). The highest BCUT2D eigenvalue weighted by Crippen LogP contribution is 2.34. The summed E-state index contributed by atoms with van der Waals surface area (Å²) < 4.78 is 43.6. The molecule has 3 aliphatic heterocycles. The maximum Gasteiger partial charge on any atom is 0.416 e. The Morgan fingerprint density at radius 3 is 2.45 bits per heavy atom. The van der Waals surface area contributed by atoms with Crippen molar-refractivity contribution in [2.75, 3.05) is 39.3 Å². The number of hydrogen-bond donors (Lipinski definition) is 2. The first-order valence-electron chi connectivity index (χ1n) is 14.6. The van der Waals surface area contributed by atoms with Crippen LogP contribution in [0.3, 0.4) is 0 Å². The van der Waals surface area contributed by atoms with E-state index in [-0.39, 0.29) is 29.2 Å². The molecule has 2 N–H and O–H groups in total. The fourth-order valence-corrected chi connectivity index (χ4v) is 6.49. The Hall–Kier alpha value is -3.64. The molecule has 9 nitrogen and oxygen atoms in total. The van der Waals surface area contributed by atoms with Crippen LogP contribution in [-0.4, -0.2) is 69.1 Å². The molecule has 42 heavy (non-hydrogen) atoms. The molecule has 2 fully saturated rings. The number of carbonyl (C=O) groups is 1. The summed E-state index contributed by atoms with van der Waals surface area (Å²) in [5, 5.41) is 0. The zero-order valence-electron chi connectivity index (χ0n) is 23.6. The molecule has 2 saturated heterocycles. The highest BCUT2D eigenvalue weighted by molar-refractivity contribution is 5.80. The largest absolute Gasteiger partial charge is 0.416 e. The molecule has 0 radical (unpaired) electrons. The van der Waals surface area contributed by atoms with Crippen LogP contribution < -0.4 is 16.5 Å². The Morgan fingerprint density at radius 2 is 1.79 bits per heavy atom. The Labute approximate surface area is 242 Å². The minimum Gasteiger partial charge on any atom is -0.342 e. The van der Waals surface area contributed by atoms with E-state index < -0.39 is 17.4 Å². The number of rotatable bonds is 5. The standard InChI is InChI=1S/C30H36F3N7O2/c1-20-17-35-36-18-22(20)19-37-12-7-21(8-13-37)28(41)38-14-9-24(10-15-38)39-25-6-5-23(30(31,32)33)16-26(25)40(29(39)42)27-4-2-3-11-34-27/h2-6,11,16,18,20-21,24,35-36H,7-10,12-15,17,19H2,1H3. The van der Waals surface area contributed by atoms with Crippen LogP contribution in [0, 0.1) is 11.8 Å². The average molecular weight is 584 g/mol. The van der Waals surface area contributed by atoms with Crippen molar-refractivity contribution in [3.05, 3.63) is 70.4 Å². The number of pyridine rings is 1. The van der Waals surface area contributed by atoms with Gasteiger partial charge in [-0.05, 0) is 80.6 Å². The summed E-state index contributed by atoms with van der Waals surface area (Å²) in [7, 11) is 0. The molecule has 0 aliphatic carbocycles. The van der Waals surface area contributed by atoms with E-state index in [1.54, 1.807) is 22.8 Å². The molecule has 0 bridgehead atoms. The fourth-order valence-electron chi connectivity index (χ4n) is 6.49. The van der Waals surface area contributed by atoms with E-state index in [0.717, 1.165) is 51.2 Å². The van der Waals surface area contributed by atoms with Gasteiger partial charge < -0.3 is 10.3 Å². The lowest BCUT2D eigenvalue weighted by molar-refractivity contribution is -0.138. The first kappa shape index (κ1) is 28.5. The number of nitrogens with one attached hydrogen (secondary N) is 2. The number of fused-ring (bicyclic) bond motifs is 1. The molecule has 1 aromatic carbocycles. The Bertz CT molecular complexity index is 1520. The Kier molecular flexibility index (Phi) is 7.84. The van der Waals surface area contributed by atoms with Gasteiger partial charge in [-0.25, -0.2) is 19.8 Å². The second-order valence-corrected chi connectivity index (χ2v) is 11.6. The van der Waals surface area contributed by atoms with Crippen molar-refractivity contribution in [1.82, 2.24) is 34.8 Å². The van der Waals surface area contributed by atoms with Gasteiger partial charge in [-0.2, -0.15) is 13.2 Å². The second kappa shape index (κ2) is 11.6. The quantitative estimate of drug-likeness (QED) is 0.477. The third-order valence-electron chi connectivity index (χ3n) is 8.96. The van der Waals surface area contributed by atoms with Crippen LogP contribution in [0.1, 0.15) is 44.2 Å². The summed E-state index contributed by atoms with van der Waals surface area (Å²) >= 11 is 0. The second-order valence-electron chi connectivity index (χ2n) is 11.6. The molecular formula is C30H36F3N7O2. The number of imidazole rings is 1. The first-order valence-corrected chi connectivity index (χ1v) is 14.6. The maximum atomic E-state index is 13.7. The van der Waals surface area contributed by atoms with Gasteiger partial charge in [-0.3, -0.25) is 14.3 Å². The van der Waals surface area contributed by atoms with Crippen LogP contribution in [0.4, 0.5) is 13.2 Å². The van der Waals surface area contributed by atoms with Crippen molar-refractivity contribution in [3.63, 3.8) is 0 Å². The van der Waals surface area contributed by atoms with Crippen LogP contribution in [0.25, 0.3) is 16.9 Å². The third-order valence-corrected chi connectivity index (χ3v) is 8.96. The summed E-state index contributed by atoms with van der Waals surface area (Å²) in [6, 6.07) is 8.18. The highest BCUT2D eigenvalue weighted by atomic mass is 19.4. The molecule has 1 unspecified atom stereocenters. The lowest BCUT2D eigenvalue weighted by Crippen LogP contribution is -2.47. The van der Waals surface area contributed by atoms with Crippen molar-refractivity contribution >= 4 is 16.9 Å². The number of hydrogen-bond acceptors (Lipinski definition) is 6. The summed E-state index contributed by atoms with van der Waals surface area (Å²) in [6.45, 7) is 6.81. The van der Waals surface area contributed by atoms with Gasteiger partial charge >= 0.3 is 11.9 Å². The number of piperidine rings is 2. The number of nitrogens with zero attached hydrogens (tertiary/aromatic N) is 5. The highest BCUT2D eigenvalue weighted by Gasteiger charge is 2.35. The van der Waals surface area contributed by atoms with Gasteiger partial charge in [0.25, 0.3) is 0 Å². The SMILES string of the molecule is CC1CNNC=C1CN1CCC(C(=O)N2CCC(n3c(=O)n(-c4ccccn4)c4cc(C(F)(F)F)ccc43)CC2)CC1. The van der Waals surface area contributed by atoms with Gasteiger partial charge in [0.05, 0.1) is 16.6 Å². The van der Waals surface area contributed by atoms with Crippen molar-refractivity contribution in [3.8, 4) is 5.82 Å². The Balaban J connectivity index is 1.15. The lowest BCUT2D eigenvalue weighted by atomic mass is 9.92. The predicted molar refractivity (Wildman–Crippen MR) is 153 cm³/mol. The number of hydrazine groups is 1. The minimum atomic E-state index is -4.54. The van der Waals surface area contributed by atoms with Crippen LogP contribution in [-0.2, 0) is 11.0 Å². The van der Waals surface area contributed by atoms with Gasteiger partial charge in [-0.1, -0.05) is 13.0 Å². The van der Waals surface area contributed by atoms with Crippen molar-refractivity contribution in [2.45, 2.75) is 44.8 Å². The van der Waals surface area contributed by atoms with Gasteiger partial charge in [0.1, 0.15) is 5.82 Å². The smallest absolute Gasteiger partial charge is 0.342 e. The predicted octanol–water partition coefficient (Wildman–Crippen LogP) is 3.71. The van der Waals surface area contributed by atoms with Crippen LogP contribution >= 0.6 is 0 Å². The van der Waals surface area contributed by atoms with Gasteiger partial charge in [0.15, 0.2) is 0 Å². The van der Waals surface area contributed by atoms with E-state index >= 15 is 0 Å². The lowest BCUT2D eigenvalue weighted by Gasteiger charge is -2.38. The van der Waals surface area contributed by atoms with E-state index in [2.05, 4.69) is 27.7 Å².